The van der Waals surface area contributed by atoms with E-state index in [9.17, 15) is 4.39 Å². The van der Waals surface area contributed by atoms with Crippen molar-refractivity contribution >= 4 is 0 Å². The van der Waals surface area contributed by atoms with Gasteiger partial charge in [0.25, 0.3) is 0 Å². The van der Waals surface area contributed by atoms with Crippen LogP contribution in [0.5, 0.6) is 0 Å². The van der Waals surface area contributed by atoms with Crippen LogP contribution in [0.3, 0.4) is 0 Å². The highest BCUT2D eigenvalue weighted by atomic mass is 19.1. The predicted octanol–water partition coefficient (Wildman–Crippen LogP) is 4.10. The zero-order chi connectivity index (χ0) is 10.8. The number of halogens is 1. The van der Waals surface area contributed by atoms with Gasteiger partial charge in [-0.2, -0.15) is 0 Å². The molecule has 0 bridgehead atoms. The van der Waals surface area contributed by atoms with Gasteiger partial charge in [-0.15, -0.1) is 0 Å². The maximum atomic E-state index is 13.6. The Morgan fingerprint density at radius 2 is 2.07 bits per heavy atom. The topological polar surface area (TPSA) is 0 Å². The third-order valence-electron chi connectivity index (χ3n) is 4.67. The molecule has 0 aromatic heterocycles. The minimum atomic E-state index is 0.110. The van der Waals surface area contributed by atoms with Gasteiger partial charge in [0, 0.05) is 6.42 Å². The minimum absolute atomic E-state index is 0.110. The van der Waals surface area contributed by atoms with Crippen LogP contribution in [0.2, 0.25) is 0 Å². The first-order chi connectivity index (χ1) is 7.01. The summed E-state index contributed by atoms with van der Waals surface area (Å²) < 4.78 is 13.6. The molecule has 1 heteroatoms. The van der Waals surface area contributed by atoms with Crippen LogP contribution in [-0.2, 0) is 0 Å². The van der Waals surface area contributed by atoms with Crippen LogP contribution in [-0.4, -0.2) is 0 Å². The van der Waals surface area contributed by atoms with Crippen molar-refractivity contribution in [3.63, 3.8) is 0 Å². The van der Waals surface area contributed by atoms with Gasteiger partial charge in [0.2, 0.25) is 0 Å². The van der Waals surface area contributed by atoms with Crippen LogP contribution >= 0.6 is 0 Å². The Balaban J connectivity index is 1.94. The monoisotopic (exact) mass is 206 g/mol. The SMILES string of the molecule is CC1C=C(F)CC2(C)CC2C2C(=C1)C2C. The van der Waals surface area contributed by atoms with Gasteiger partial charge >= 0.3 is 0 Å². The van der Waals surface area contributed by atoms with E-state index in [2.05, 4.69) is 26.8 Å². The first-order valence-electron chi connectivity index (χ1n) is 6.09. The summed E-state index contributed by atoms with van der Waals surface area (Å²) in [6.07, 6.45) is 6.00. The van der Waals surface area contributed by atoms with Crippen molar-refractivity contribution in [2.75, 3.05) is 0 Å². The Morgan fingerprint density at radius 1 is 1.33 bits per heavy atom. The van der Waals surface area contributed by atoms with E-state index in [-0.39, 0.29) is 17.2 Å². The molecule has 0 heterocycles. The molecule has 15 heavy (non-hydrogen) atoms. The first kappa shape index (κ1) is 9.62. The summed E-state index contributed by atoms with van der Waals surface area (Å²) >= 11 is 0. The standard InChI is InChI=1S/C14H19F/c1-8-4-10(15)6-14(3)7-12(14)13-9(2)11(13)5-8/h4-5,8-9,12-13H,6-7H2,1-3H3. The van der Waals surface area contributed by atoms with E-state index in [1.54, 1.807) is 11.6 Å². The van der Waals surface area contributed by atoms with Crippen molar-refractivity contribution in [1.29, 1.82) is 0 Å². The highest BCUT2D eigenvalue weighted by molar-refractivity contribution is 5.36. The Morgan fingerprint density at radius 3 is 2.80 bits per heavy atom. The summed E-state index contributed by atoms with van der Waals surface area (Å²) in [5.41, 5.74) is 1.88. The van der Waals surface area contributed by atoms with Crippen molar-refractivity contribution in [2.45, 2.75) is 33.6 Å². The predicted molar refractivity (Wildman–Crippen MR) is 59.9 cm³/mol. The molecule has 2 saturated carbocycles. The molecule has 0 aromatic rings. The molecule has 5 atom stereocenters. The third kappa shape index (κ3) is 1.39. The van der Waals surface area contributed by atoms with Gasteiger partial charge in [-0.3, -0.25) is 0 Å². The molecule has 0 N–H and O–H groups in total. The van der Waals surface area contributed by atoms with Crippen LogP contribution in [0.25, 0.3) is 0 Å². The fourth-order valence-corrected chi connectivity index (χ4v) is 3.58. The zero-order valence-electron chi connectivity index (χ0n) is 9.76. The van der Waals surface area contributed by atoms with Crippen molar-refractivity contribution in [3.8, 4) is 0 Å². The zero-order valence-corrected chi connectivity index (χ0v) is 9.76. The van der Waals surface area contributed by atoms with Crippen molar-refractivity contribution in [1.82, 2.24) is 0 Å². The Labute approximate surface area is 91.3 Å². The van der Waals surface area contributed by atoms with Gasteiger partial charge in [-0.25, -0.2) is 4.39 Å². The molecule has 0 aliphatic heterocycles. The lowest BCUT2D eigenvalue weighted by Gasteiger charge is -2.09. The average molecular weight is 206 g/mol. The number of hydrogen-bond acceptors (Lipinski definition) is 0. The molecule has 0 saturated heterocycles. The van der Waals surface area contributed by atoms with Crippen LogP contribution in [0, 0.1) is 29.1 Å². The molecule has 5 unspecified atom stereocenters. The van der Waals surface area contributed by atoms with Gasteiger partial charge in [-0.05, 0) is 41.6 Å². The second kappa shape index (κ2) is 2.75. The fraction of sp³-hybridized carbons (Fsp3) is 0.714. The van der Waals surface area contributed by atoms with Crippen LogP contribution in [0.15, 0.2) is 23.6 Å². The lowest BCUT2D eigenvalue weighted by atomic mass is 9.98. The molecule has 0 amide bonds. The first-order valence-corrected chi connectivity index (χ1v) is 6.09. The molecule has 3 rings (SSSR count). The average Bonchev–Trinajstić information content (AvgIpc) is 2.91. The van der Waals surface area contributed by atoms with E-state index in [0.29, 0.717) is 6.42 Å². The van der Waals surface area contributed by atoms with Gasteiger partial charge in [0.15, 0.2) is 0 Å². The fourth-order valence-electron chi connectivity index (χ4n) is 3.58. The number of hydrogen-bond donors (Lipinski definition) is 0. The van der Waals surface area contributed by atoms with Gasteiger partial charge in [0.05, 0.1) is 5.83 Å². The lowest BCUT2D eigenvalue weighted by Crippen LogP contribution is -2.00. The summed E-state index contributed by atoms with van der Waals surface area (Å²) in [6, 6.07) is 0. The molecular formula is C14H19F. The van der Waals surface area contributed by atoms with E-state index in [0.717, 1.165) is 17.8 Å². The second-order valence-electron chi connectivity index (χ2n) is 6.10. The molecule has 3 aliphatic carbocycles. The van der Waals surface area contributed by atoms with Crippen LogP contribution < -0.4 is 0 Å². The number of rotatable bonds is 0. The molecule has 0 radical (unpaired) electrons. The summed E-state index contributed by atoms with van der Waals surface area (Å²) in [6.45, 7) is 6.67. The molecule has 0 aromatic carbocycles. The maximum absolute atomic E-state index is 13.6. The largest absolute Gasteiger partial charge is 0.212 e. The van der Waals surface area contributed by atoms with Gasteiger partial charge < -0.3 is 0 Å². The maximum Gasteiger partial charge on any atom is 0.0971 e. The highest BCUT2D eigenvalue weighted by Gasteiger charge is 2.61. The quantitative estimate of drug-likeness (QED) is 0.523. The normalized spacial score (nSPS) is 52.5. The second-order valence-corrected chi connectivity index (χ2v) is 6.10. The van der Waals surface area contributed by atoms with Crippen LogP contribution in [0.4, 0.5) is 4.39 Å². The minimum Gasteiger partial charge on any atom is -0.212 e. The van der Waals surface area contributed by atoms with E-state index in [4.69, 9.17) is 0 Å². The summed E-state index contributed by atoms with van der Waals surface area (Å²) in [5.74, 6) is 2.72. The van der Waals surface area contributed by atoms with E-state index in [1.165, 1.54) is 6.42 Å². The number of allylic oxidation sites excluding steroid dienone is 4. The van der Waals surface area contributed by atoms with Gasteiger partial charge in [0.1, 0.15) is 0 Å². The molecule has 2 fully saturated rings. The summed E-state index contributed by atoms with van der Waals surface area (Å²) in [7, 11) is 0. The van der Waals surface area contributed by atoms with E-state index >= 15 is 0 Å². The molecule has 82 valence electrons. The summed E-state index contributed by atoms with van der Waals surface area (Å²) in [5, 5.41) is 0. The highest BCUT2D eigenvalue weighted by Crippen LogP contribution is 2.69. The number of fused-ring (bicyclic) bond motifs is 3. The van der Waals surface area contributed by atoms with Crippen molar-refractivity contribution < 1.29 is 4.39 Å². The van der Waals surface area contributed by atoms with E-state index < -0.39 is 0 Å². The Hall–Kier alpha value is -0.590. The van der Waals surface area contributed by atoms with Crippen LogP contribution in [0.1, 0.15) is 33.6 Å². The smallest absolute Gasteiger partial charge is 0.0971 e. The van der Waals surface area contributed by atoms with Gasteiger partial charge in [-0.1, -0.05) is 32.4 Å². The third-order valence-corrected chi connectivity index (χ3v) is 4.67. The van der Waals surface area contributed by atoms with E-state index in [1.807, 2.05) is 0 Å². The lowest BCUT2D eigenvalue weighted by molar-refractivity contribution is 0.415. The molecule has 0 spiro atoms. The Bertz CT molecular complexity index is 366. The molecule has 0 nitrogen and oxygen atoms in total. The summed E-state index contributed by atoms with van der Waals surface area (Å²) in [4.78, 5) is 0. The Kier molecular flexibility index (Phi) is 1.76. The molecule has 3 aliphatic rings. The molecular weight excluding hydrogens is 187 g/mol. The van der Waals surface area contributed by atoms with Crippen molar-refractivity contribution in [3.05, 3.63) is 23.6 Å². The van der Waals surface area contributed by atoms with Crippen molar-refractivity contribution in [2.24, 2.45) is 29.1 Å².